The average Bonchev–Trinajstić information content (AvgIpc) is 3.40. The van der Waals surface area contributed by atoms with Gasteiger partial charge in [0.05, 0.1) is 16.8 Å². The molecule has 8 nitrogen and oxygen atoms in total. The standard InChI is InChI=1S/C24H19ClN6O2S/c25-16-6-9-18(10-7-16)31-21(12-15-4-2-1-3-5-15)29-30-24(31)34-14-22(32)26-17-8-11-19-20(13-17)28-23(33)27-19/h1-11,13H,12,14H2,(H,26,32)(H2,27,28,33). The molecular formula is C24H19ClN6O2S. The molecule has 5 aromatic rings. The van der Waals surface area contributed by atoms with Crippen LogP contribution in [0.4, 0.5) is 5.69 Å². The maximum Gasteiger partial charge on any atom is 0.323 e. The van der Waals surface area contributed by atoms with E-state index < -0.39 is 0 Å². The Hall–Kier alpha value is -3.82. The van der Waals surface area contributed by atoms with Gasteiger partial charge in [-0.2, -0.15) is 0 Å². The number of aromatic amines is 2. The van der Waals surface area contributed by atoms with Crippen LogP contribution in [0.5, 0.6) is 0 Å². The summed E-state index contributed by atoms with van der Waals surface area (Å²) in [5.74, 6) is 0.703. The summed E-state index contributed by atoms with van der Waals surface area (Å²) in [7, 11) is 0. The zero-order valence-electron chi connectivity index (χ0n) is 17.8. The van der Waals surface area contributed by atoms with Gasteiger partial charge in [-0.25, -0.2) is 4.79 Å². The molecule has 0 saturated heterocycles. The first kappa shape index (κ1) is 22.0. The van der Waals surface area contributed by atoms with Crippen molar-refractivity contribution in [3.05, 3.63) is 99.7 Å². The van der Waals surface area contributed by atoms with E-state index in [1.807, 2.05) is 59.2 Å². The molecule has 34 heavy (non-hydrogen) atoms. The largest absolute Gasteiger partial charge is 0.325 e. The molecule has 0 fully saturated rings. The zero-order chi connectivity index (χ0) is 23.5. The molecule has 2 aromatic heterocycles. The zero-order valence-corrected chi connectivity index (χ0v) is 19.4. The molecule has 0 radical (unpaired) electrons. The van der Waals surface area contributed by atoms with Crippen LogP contribution in [-0.4, -0.2) is 36.4 Å². The highest BCUT2D eigenvalue weighted by atomic mass is 35.5. The van der Waals surface area contributed by atoms with Crippen molar-refractivity contribution in [2.24, 2.45) is 0 Å². The lowest BCUT2D eigenvalue weighted by atomic mass is 10.1. The number of H-pyrrole nitrogens is 2. The minimum Gasteiger partial charge on any atom is -0.325 e. The van der Waals surface area contributed by atoms with Crippen LogP contribution in [0.2, 0.25) is 5.02 Å². The summed E-state index contributed by atoms with van der Waals surface area (Å²) in [6.45, 7) is 0. The average molecular weight is 491 g/mol. The van der Waals surface area contributed by atoms with E-state index in [0.29, 0.717) is 33.3 Å². The molecule has 0 unspecified atom stereocenters. The van der Waals surface area contributed by atoms with Crippen LogP contribution in [0.1, 0.15) is 11.4 Å². The van der Waals surface area contributed by atoms with Crippen molar-refractivity contribution in [2.75, 3.05) is 11.1 Å². The van der Waals surface area contributed by atoms with E-state index in [2.05, 4.69) is 25.5 Å². The number of carbonyl (C=O) groups is 1. The van der Waals surface area contributed by atoms with E-state index >= 15 is 0 Å². The molecular weight excluding hydrogens is 472 g/mol. The minimum atomic E-state index is -0.290. The van der Waals surface area contributed by atoms with Gasteiger partial charge in [-0.05, 0) is 48.0 Å². The van der Waals surface area contributed by atoms with E-state index in [4.69, 9.17) is 11.6 Å². The third-order valence-electron chi connectivity index (χ3n) is 5.12. The Balaban J connectivity index is 1.35. The number of hydrogen-bond acceptors (Lipinski definition) is 5. The van der Waals surface area contributed by atoms with Gasteiger partial charge in [-0.1, -0.05) is 53.7 Å². The summed E-state index contributed by atoms with van der Waals surface area (Å²) in [4.78, 5) is 29.4. The van der Waals surface area contributed by atoms with Crippen LogP contribution in [-0.2, 0) is 11.2 Å². The molecule has 170 valence electrons. The predicted octanol–water partition coefficient (Wildman–Crippen LogP) is 4.41. The summed E-state index contributed by atoms with van der Waals surface area (Å²) < 4.78 is 1.94. The Morgan fingerprint density at radius 1 is 0.971 bits per heavy atom. The summed E-state index contributed by atoms with van der Waals surface area (Å²) in [6.07, 6.45) is 0.595. The third-order valence-corrected chi connectivity index (χ3v) is 6.30. The Morgan fingerprint density at radius 3 is 2.53 bits per heavy atom. The Morgan fingerprint density at radius 2 is 1.74 bits per heavy atom. The number of benzene rings is 3. The molecule has 0 saturated carbocycles. The lowest BCUT2D eigenvalue weighted by Gasteiger charge is -2.11. The van der Waals surface area contributed by atoms with E-state index in [0.717, 1.165) is 17.1 Å². The molecule has 0 aliphatic carbocycles. The number of halogens is 1. The number of imidazole rings is 1. The number of amides is 1. The van der Waals surface area contributed by atoms with Crippen molar-refractivity contribution in [2.45, 2.75) is 11.6 Å². The Labute approximate surface area is 203 Å². The number of carbonyl (C=O) groups excluding carboxylic acids is 1. The molecule has 0 bridgehead atoms. The lowest BCUT2D eigenvalue weighted by molar-refractivity contribution is -0.113. The lowest BCUT2D eigenvalue weighted by Crippen LogP contribution is -2.14. The van der Waals surface area contributed by atoms with Crippen LogP contribution >= 0.6 is 23.4 Å². The number of nitrogens with zero attached hydrogens (tertiary/aromatic N) is 3. The normalized spacial score (nSPS) is 11.1. The quantitative estimate of drug-likeness (QED) is 0.293. The van der Waals surface area contributed by atoms with Crippen LogP contribution in [0.15, 0.2) is 82.7 Å². The fraction of sp³-hybridized carbons (Fsp3) is 0.0833. The van der Waals surface area contributed by atoms with Crippen LogP contribution < -0.4 is 11.0 Å². The summed E-state index contributed by atoms with van der Waals surface area (Å²) >= 11 is 7.37. The second-order valence-electron chi connectivity index (χ2n) is 7.55. The van der Waals surface area contributed by atoms with Gasteiger partial charge in [-0.15, -0.1) is 10.2 Å². The third kappa shape index (κ3) is 4.90. The Bertz CT molecular complexity index is 1510. The minimum absolute atomic E-state index is 0.138. The van der Waals surface area contributed by atoms with Gasteiger partial charge in [0, 0.05) is 22.8 Å². The van der Waals surface area contributed by atoms with Gasteiger partial charge in [0.15, 0.2) is 5.16 Å². The van der Waals surface area contributed by atoms with Crippen molar-refractivity contribution in [1.82, 2.24) is 24.7 Å². The number of nitrogens with one attached hydrogen (secondary N) is 3. The van der Waals surface area contributed by atoms with Crippen molar-refractivity contribution in [3.63, 3.8) is 0 Å². The molecule has 1 amide bonds. The first-order valence-electron chi connectivity index (χ1n) is 10.4. The molecule has 0 aliphatic heterocycles. The molecule has 10 heteroatoms. The summed E-state index contributed by atoms with van der Waals surface area (Å²) in [5.41, 5.74) is 3.59. The molecule has 0 aliphatic rings. The first-order chi connectivity index (χ1) is 16.5. The number of fused-ring (bicyclic) bond motifs is 1. The van der Waals surface area contributed by atoms with Crippen molar-refractivity contribution in [1.29, 1.82) is 0 Å². The maximum absolute atomic E-state index is 12.6. The summed E-state index contributed by atoms with van der Waals surface area (Å²) in [6, 6.07) is 22.6. The molecule has 0 spiro atoms. The van der Waals surface area contributed by atoms with Crippen LogP contribution in [0.3, 0.4) is 0 Å². The highest BCUT2D eigenvalue weighted by Crippen LogP contribution is 2.25. The smallest absolute Gasteiger partial charge is 0.323 e. The molecule has 2 heterocycles. The Kier molecular flexibility index (Phi) is 6.20. The fourth-order valence-electron chi connectivity index (χ4n) is 3.57. The topological polar surface area (TPSA) is 108 Å². The van der Waals surface area contributed by atoms with Gasteiger partial charge in [-0.3, -0.25) is 9.36 Å². The van der Waals surface area contributed by atoms with E-state index in [1.54, 1.807) is 18.2 Å². The van der Waals surface area contributed by atoms with Gasteiger partial charge in [0.25, 0.3) is 0 Å². The molecule has 3 aromatic carbocycles. The van der Waals surface area contributed by atoms with Gasteiger partial charge >= 0.3 is 5.69 Å². The van der Waals surface area contributed by atoms with E-state index in [9.17, 15) is 9.59 Å². The van der Waals surface area contributed by atoms with Crippen molar-refractivity contribution in [3.8, 4) is 5.69 Å². The van der Waals surface area contributed by atoms with Gasteiger partial charge in [0.2, 0.25) is 5.91 Å². The first-order valence-corrected chi connectivity index (χ1v) is 11.8. The summed E-state index contributed by atoms with van der Waals surface area (Å²) in [5, 5.41) is 12.8. The maximum atomic E-state index is 12.6. The second kappa shape index (κ2) is 9.58. The van der Waals surface area contributed by atoms with Crippen molar-refractivity contribution >= 4 is 46.0 Å². The second-order valence-corrected chi connectivity index (χ2v) is 8.93. The highest BCUT2D eigenvalue weighted by molar-refractivity contribution is 7.99. The number of anilines is 1. The fourth-order valence-corrected chi connectivity index (χ4v) is 4.47. The van der Waals surface area contributed by atoms with Crippen LogP contribution in [0, 0.1) is 0 Å². The number of rotatable bonds is 7. The van der Waals surface area contributed by atoms with E-state index in [-0.39, 0.29) is 17.3 Å². The number of aromatic nitrogens is 5. The predicted molar refractivity (Wildman–Crippen MR) is 134 cm³/mol. The monoisotopic (exact) mass is 490 g/mol. The molecule has 0 atom stereocenters. The number of thioether (sulfide) groups is 1. The van der Waals surface area contributed by atoms with Crippen molar-refractivity contribution < 1.29 is 4.79 Å². The van der Waals surface area contributed by atoms with Crippen LogP contribution in [0.25, 0.3) is 16.7 Å². The number of hydrogen-bond donors (Lipinski definition) is 3. The molecule has 3 N–H and O–H groups in total. The van der Waals surface area contributed by atoms with Gasteiger partial charge < -0.3 is 15.3 Å². The highest BCUT2D eigenvalue weighted by Gasteiger charge is 2.17. The SMILES string of the molecule is O=C(CSc1nnc(Cc2ccccc2)n1-c1ccc(Cl)cc1)Nc1ccc2[nH]c(=O)[nH]c2c1. The van der Waals surface area contributed by atoms with E-state index in [1.165, 1.54) is 11.8 Å². The molecule has 5 rings (SSSR count). The van der Waals surface area contributed by atoms with Gasteiger partial charge in [0.1, 0.15) is 5.82 Å².